The van der Waals surface area contributed by atoms with E-state index in [0.29, 0.717) is 0 Å². The molecule has 0 saturated carbocycles. The maximum absolute atomic E-state index is 2.37. The van der Waals surface area contributed by atoms with E-state index in [2.05, 4.69) is 241 Å². The molecule has 2 heteroatoms. The number of anilines is 3. The van der Waals surface area contributed by atoms with Crippen LogP contribution >= 0.6 is 0 Å². The van der Waals surface area contributed by atoms with Crippen molar-refractivity contribution in [3.05, 3.63) is 230 Å². The van der Waals surface area contributed by atoms with Gasteiger partial charge in [-0.15, -0.1) is 0 Å². The van der Waals surface area contributed by atoms with Crippen LogP contribution in [0, 0.1) is 6.92 Å². The highest BCUT2D eigenvalue weighted by Gasteiger charge is 2.15. The number of aryl methyl sites for hydroxylation is 1. The van der Waals surface area contributed by atoms with Gasteiger partial charge in [-0.25, -0.2) is 0 Å². The monoisotopic (exact) mass is 728 g/mol. The molecule has 0 aliphatic rings. The second-order valence-electron chi connectivity index (χ2n) is 14.7. The Morgan fingerprint density at radius 1 is 0.281 bits per heavy atom. The topological polar surface area (TPSA) is 8.17 Å². The van der Waals surface area contributed by atoms with Gasteiger partial charge in [0.1, 0.15) is 0 Å². The second kappa shape index (κ2) is 14.7. The minimum Gasteiger partial charge on any atom is -0.311 e. The number of rotatable bonds is 8. The molecule has 0 aliphatic carbocycles. The van der Waals surface area contributed by atoms with Gasteiger partial charge in [0.2, 0.25) is 0 Å². The van der Waals surface area contributed by atoms with Crippen LogP contribution in [0.4, 0.5) is 17.1 Å². The van der Waals surface area contributed by atoms with Crippen LogP contribution in [0.25, 0.3) is 72.0 Å². The van der Waals surface area contributed by atoms with Gasteiger partial charge in [-0.1, -0.05) is 169 Å². The van der Waals surface area contributed by atoms with Crippen LogP contribution in [0.3, 0.4) is 0 Å². The van der Waals surface area contributed by atoms with E-state index in [4.69, 9.17) is 0 Å². The lowest BCUT2D eigenvalue weighted by Crippen LogP contribution is -2.09. The molecule has 0 amide bonds. The van der Waals surface area contributed by atoms with Gasteiger partial charge in [-0.2, -0.15) is 0 Å². The number of hydrogen-bond acceptors (Lipinski definition) is 1. The van der Waals surface area contributed by atoms with Crippen molar-refractivity contribution >= 4 is 38.9 Å². The molecule has 57 heavy (non-hydrogen) atoms. The zero-order valence-corrected chi connectivity index (χ0v) is 31.8. The van der Waals surface area contributed by atoms with Crippen LogP contribution in [0.2, 0.25) is 0 Å². The fourth-order valence-corrected chi connectivity index (χ4v) is 8.09. The summed E-state index contributed by atoms with van der Waals surface area (Å²) >= 11 is 0. The van der Waals surface area contributed by atoms with Gasteiger partial charge >= 0.3 is 0 Å². The van der Waals surface area contributed by atoms with Crippen LogP contribution < -0.4 is 4.90 Å². The molecule has 2 nitrogen and oxygen atoms in total. The molecular formula is C55H40N2. The van der Waals surface area contributed by atoms with Crippen molar-refractivity contribution in [3.63, 3.8) is 0 Å². The molecule has 0 atom stereocenters. The predicted molar refractivity (Wildman–Crippen MR) is 242 cm³/mol. The Morgan fingerprint density at radius 2 is 0.579 bits per heavy atom. The molecule has 0 bridgehead atoms. The Morgan fingerprint density at radius 3 is 0.982 bits per heavy atom. The minimum absolute atomic E-state index is 1.10. The fraction of sp³-hybridized carbons (Fsp3) is 0.0182. The van der Waals surface area contributed by atoms with E-state index >= 15 is 0 Å². The molecule has 0 fully saturated rings. The highest BCUT2D eigenvalue weighted by Crippen LogP contribution is 2.39. The van der Waals surface area contributed by atoms with E-state index in [9.17, 15) is 0 Å². The average molecular weight is 729 g/mol. The molecule has 0 saturated heterocycles. The van der Waals surface area contributed by atoms with Gasteiger partial charge < -0.3 is 9.47 Å². The summed E-state index contributed by atoms with van der Waals surface area (Å²) in [7, 11) is 0. The molecule has 0 unspecified atom stereocenters. The summed E-state index contributed by atoms with van der Waals surface area (Å²) in [5.41, 5.74) is 17.8. The van der Waals surface area contributed by atoms with Gasteiger partial charge in [0.15, 0.2) is 0 Å². The van der Waals surface area contributed by atoms with Crippen molar-refractivity contribution < 1.29 is 0 Å². The van der Waals surface area contributed by atoms with Gasteiger partial charge in [0.25, 0.3) is 0 Å². The van der Waals surface area contributed by atoms with E-state index in [0.717, 1.165) is 22.7 Å². The number of benzene rings is 9. The van der Waals surface area contributed by atoms with E-state index in [1.165, 1.54) is 71.9 Å². The lowest BCUT2D eigenvalue weighted by Gasteiger charge is -2.26. The molecular weight excluding hydrogens is 689 g/mol. The number of aromatic nitrogens is 1. The molecule has 10 aromatic rings. The van der Waals surface area contributed by atoms with Crippen LogP contribution in [0.5, 0.6) is 0 Å². The van der Waals surface area contributed by atoms with Crippen molar-refractivity contribution in [1.29, 1.82) is 0 Å². The molecule has 10 rings (SSSR count). The summed E-state index contributed by atoms with van der Waals surface area (Å²) in [6, 6.07) is 81.2. The maximum Gasteiger partial charge on any atom is 0.0541 e. The summed E-state index contributed by atoms with van der Waals surface area (Å²) in [6.07, 6.45) is 0. The summed E-state index contributed by atoms with van der Waals surface area (Å²) in [4.78, 5) is 2.34. The molecule has 0 spiro atoms. The number of hydrogen-bond donors (Lipinski definition) is 0. The minimum atomic E-state index is 1.10. The third kappa shape index (κ3) is 6.58. The zero-order valence-electron chi connectivity index (χ0n) is 31.8. The zero-order chi connectivity index (χ0) is 38.1. The van der Waals surface area contributed by atoms with Crippen molar-refractivity contribution in [2.24, 2.45) is 0 Å². The van der Waals surface area contributed by atoms with Gasteiger partial charge in [0.05, 0.1) is 11.0 Å². The lowest BCUT2D eigenvalue weighted by atomic mass is 10.00. The summed E-state index contributed by atoms with van der Waals surface area (Å²) in [6.45, 7) is 2.13. The smallest absolute Gasteiger partial charge is 0.0541 e. The Bertz CT molecular complexity index is 2890. The molecule has 1 aromatic heterocycles. The first-order valence-electron chi connectivity index (χ1n) is 19.6. The Labute approximate surface area is 334 Å². The first-order valence-corrected chi connectivity index (χ1v) is 19.6. The Balaban J connectivity index is 0.968. The molecule has 9 aromatic carbocycles. The third-order valence-electron chi connectivity index (χ3n) is 11.1. The largest absolute Gasteiger partial charge is 0.311 e. The number of fused-ring (bicyclic) bond motifs is 3. The Kier molecular flexibility index (Phi) is 8.78. The molecule has 270 valence electrons. The number of para-hydroxylation sites is 2. The van der Waals surface area contributed by atoms with Crippen molar-refractivity contribution in [3.8, 4) is 50.2 Å². The van der Waals surface area contributed by atoms with Gasteiger partial charge in [-0.05, 0) is 112 Å². The molecule has 0 aliphatic heterocycles. The van der Waals surface area contributed by atoms with E-state index in [1.807, 2.05) is 0 Å². The predicted octanol–water partition coefficient (Wildman–Crippen LogP) is 15.2. The summed E-state index contributed by atoms with van der Waals surface area (Å²) in [5, 5.41) is 2.54. The van der Waals surface area contributed by atoms with Gasteiger partial charge in [-0.3, -0.25) is 0 Å². The fourth-order valence-electron chi connectivity index (χ4n) is 8.09. The summed E-state index contributed by atoms with van der Waals surface area (Å²) in [5.74, 6) is 0. The van der Waals surface area contributed by atoms with Crippen LogP contribution in [0.1, 0.15) is 5.56 Å². The van der Waals surface area contributed by atoms with Gasteiger partial charge in [0, 0.05) is 33.5 Å². The second-order valence-corrected chi connectivity index (χ2v) is 14.7. The SMILES string of the molecule is Cc1ccc(-c2ccc(N(c3ccc(-c4ccc(-c5ccccc5)cc4)cc3)c3ccc(-c4ccc(-n5c6ccccc6c6ccccc65)cc4)cc3)cc2)cc1. The highest BCUT2D eigenvalue weighted by molar-refractivity contribution is 6.09. The standard InChI is InChI=1S/C55H40N2/c1-39-15-17-41(18-16-39)44-23-31-48(32-24-44)56(49-33-25-45(26-34-49)43-21-19-42(20-22-43)40-9-3-2-4-10-40)50-35-27-46(28-36-50)47-29-37-51(38-30-47)57-54-13-7-5-11-52(54)53-12-6-8-14-55(53)57/h2-38H,1H3. The quantitative estimate of drug-likeness (QED) is 0.151. The van der Waals surface area contributed by atoms with E-state index < -0.39 is 0 Å². The number of nitrogens with zero attached hydrogens (tertiary/aromatic N) is 2. The Hall–Kier alpha value is -7.42. The van der Waals surface area contributed by atoms with Crippen LogP contribution in [-0.2, 0) is 0 Å². The molecule has 0 radical (unpaired) electrons. The average Bonchev–Trinajstić information content (AvgIpc) is 3.62. The lowest BCUT2D eigenvalue weighted by molar-refractivity contribution is 1.18. The van der Waals surface area contributed by atoms with Crippen molar-refractivity contribution in [1.82, 2.24) is 4.57 Å². The van der Waals surface area contributed by atoms with Crippen molar-refractivity contribution in [2.75, 3.05) is 4.90 Å². The van der Waals surface area contributed by atoms with Crippen LogP contribution in [-0.4, -0.2) is 4.57 Å². The summed E-state index contributed by atoms with van der Waals surface area (Å²) < 4.78 is 2.37. The van der Waals surface area contributed by atoms with Crippen molar-refractivity contribution in [2.45, 2.75) is 6.92 Å². The normalized spacial score (nSPS) is 11.2. The maximum atomic E-state index is 2.37. The molecule has 0 N–H and O–H groups in total. The first kappa shape index (κ1) is 34.1. The third-order valence-corrected chi connectivity index (χ3v) is 11.1. The highest BCUT2D eigenvalue weighted by atomic mass is 15.1. The van der Waals surface area contributed by atoms with Crippen LogP contribution in [0.15, 0.2) is 224 Å². The van der Waals surface area contributed by atoms with E-state index in [-0.39, 0.29) is 0 Å². The van der Waals surface area contributed by atoms with E-state index in [1.54, 1.807) is 0 Å². The molecule has 1 heterocycles. The first-order chi connectivity index (χ1) is 28.2.